The van der Waals surface area contributed by atoms with E-state index in [-0.39, 0.29) is 5.92 Å². The Labute approximate surface area is 150 Å². The summed E-state index contributed by atoms with van der Waals surface area (Å²) < 4.78 is 10.5. The van der Waals surface area contributed by atoms with Crippen molar-refractivity contribution >= 4 is 23.1 Å². The van der Waals surface area contributed by atoms with Gasteiger partial charge in [-0.15, -0.1) is 5.10 Å². The lowest BCUT2D eigenvalue weighted by atomic mass is 9.95. The topological polar surface area (TPSA) is 111 Å². The highest BCUT2D eigenvalue weighted by Crippen LogP contribution is 2.35. The first-order chi connectivity index (χ1) is 12.2. The maximum Gasteiger partial charge on any atom is 0.220 e. The fourth-order valence-electron chi connectivity index (χ4n) is 2.87. The van der Waals surface area contributed by atoms with E-state index in [0.717, 1.165) is 37.4 Å². The highest BCUT2D eigenvalue weighted by molar-refractivity contribution is 6.35. The molecule has 3 N–H and O–H groups in total. The van der Waals surface area contributed by atoms with Gasteiger partial charge in [-0.3, -0.25) is 0 Å². The molecule has 0 radical (unpaired) electrons. The number of aromatic nitrogens is 4. The van der Waals surface area contributed by atoms with Crippen molar-refractivity contribution in [1.29, 1.82) is 0 Å². The number of rotatable bonds is 5. The molecule has 1 aliphatic heterocycles. The van der Waals surface area contributed by atoms with Crippen LogP contribution in [0.25, 0.3) is 0 Å². The summed E-state index contributed by atoms with van der Waals surface area (Å²) in [5.74, 6) is 7.74. The number of hydrogen-bond donors (Lipinski definition) is 2. The van der Waals surface area contributed by atoms with Crippen molar-refractivity contribution in [2.75, 3.05) is 37.6 Å². The fourth-order valence-corrected chi connectivity index (χ4v) is 3.13. The number of hydrogen-bond acceptors (Lipinski definition) is 9. The van der Waals surface area contributed by atoms with Crippen molar-refractivity contribution in [3.63, 3.8) is 0 Å². The minimum atomic E-state index is 0.223. The SMILES string of the molecule is COc1cc(OC)nc(C2CCN(c3cnnc(NN)c3Cl)CC2)n1. The lowest BCUT2D eigenvalue weighted by Gasteiger charge is -2.33. The molecular weight excluding hydrogens is 346 g/mol. The molecule has 1 saturated heterocycles. The molecule has 0 aliphatic carbocycles. The lowest BCUT2D eigenvalue weighted by Crippen LogP contribution is -2.34. The maximum atomic E-state index is 6.33. The minimum absolute atomic E-state index is 0.223. The van der Waals surface area contributed by atoms with Crippen LogP contribution >= 0.6 is 11.6 Å². The molecule has 2 aromatic heterocycles. The Morgan fingerprint density at radius 3 is 2.40 bits per heavy atom. The number of anilines is 2. The average molecular weight is 366 g/mol. The summed E-state index contributed by atoms with van der Waals surface area (Å²) in [6.45, 7) is 1.59. The Bertz CT molecular complexity index is 716. The van der Waals surface area contributed by atoms with Gasteiger partial charge in [-0.05, 0) is 12.8 Å². The summed E-state index contributed by atoms with van der Waals surface area (Å²) in [4.78, 5) is 11.1. The van der Waals surface area contributed by atoms with Crippen LogP contribution in [0.15, 0.2) is 12.3 Å². The van der Waals surface area contributed by atoms with Crippen LogP contribution in [0.3, 0.4) is 0 Å². The van der Waals surface area contributed by atoms with Gasteiger partial charge >= 0.3 is 0 Å². The number of hydrazine groups is 1. The third-order valence-electron chi connectivity index (χ3n) is 4.22. The van der Waals surface area contributed by atoms with Crippen molar-refractivity contribution in [3.8, 4) is 11.8 Å². The molecule has 0 unspecified atom stereocenters. The van der Waals surface area contributed by atoms with E-state index < -0.39 is 0 Å². The fraction of sp³-hybridized carbons (Fsp3) is 0.467. The zero-order chi connectivity index (χ0) is 17.8. The van der Waals surface area contributed by atoms with Gasteiger partial charge in [-0.1, -0.05) is 11.6 Å². The van der Waals surface area contributed by atoms with Crippen LogP contribution in [0, 0.1) is 0 Å². The van der Waals surface area contributed by atoms with Crippen LogP contribution in [0.5, 0.6) is 11.8 Å². The molecule has 10 heteroatoms. The third-order valence-corrected chi connectivity index (χ3v) is 4.60. The van der Waals surface area contributed by atoms with Crippen LogP contribution in [-0.2, 0) is 0 Å². The molecule has 3 heterocycles. The molecule has 9 nitrogen and oxygen atoms in total. The van der Waals surface area contributed by atoms with Gasteiger partial charge in [0, 0.05) is 19.0 Å². The Hall–Kier alpha value is -2.39. The molecule has 0 amide bonds. The van der Waals surface area contributed by atoms with Crippen LogP contribution in [0.4, 0.5) is 11.5 Å². The molecule has 1 fully saturated rings. The van der Waals surface area contributed by atoms with Crippen LogP contribution in [-0.4, -0.2) is 47.5 Å². The summed E-state index contributed by atoms with van der Waals surface area (Å²) in [6.07, 6.45) is 3.40. The van der Waals surface area contributed by atoms with Crippen molar-refractivity contribution in [1.82, 2.24) is 20.2 Å². The van der Waals surface area contributed by atoms with Crippen LogP contribution in [0.1, 0.15) is 24.6 Å². The zero-order valence-corrected chi connectivity index (χ0v) is 14.8. The highest BCUT2D eigenvalue weighted by Gasteiger charge is 2.26. The Morgan fingerprint density at radius 1 is 1.20 bits per heavy atom. The van der Waals surface area contributed by atoms with E-state index in [9.17, 15) is 0 Å². The van der Waals surface area contributed by atoms with E-state index in [1.165, 1.54) is 0 Å². The molecule has 0 bridgehead atoms. The first kappa shape index (κ1) is 17.4. The second-order valence-corrected chi connectivity index (χ2v) is 5.99. The molecule has 25 heavy (non-hydrogen) atoms. The molecule has 0 aromatic carbocycles. The first-order valence-electron chi connectivity index (χ1n) is 7.86. The van der Waals surface area contributed by atoms with Gasteiger partial charge in [0.25, 0.3) is 0 Å². The van der Waals surface area contributed by atoms with Gasteiger partial charge in [-0.25, -0.2) is 5.84 Å². The van der Waals surface area contributed by atoms with Crippen LogP contribution < -0.4 is 25.6 Å². The van der Waals surface area contributed by atoms with E-state index in [1.807, 2.05) is 0 Å². The largest absolute Gasteiger partial charge is 0.481 e. The van der Waals surface area contributed by atoms with E-state index >= 15 is 0 Å². The van der Waals surface area contributed by atoms with Crippen LogP contribution in [0.2, 0.25) is 5.02 Å². The number of nitrogens with zero attached hydrogens (tertiary/aromatic N) is 5. The lowest BCUT2D eigenvalue weighted by molar-refractivity contribution is 0.361. The summed E-state index contributed by atoms with van der Waals surface area (Å²) in [7, 11) is 3.16. The smallest absolute Gasteiger partial charge is 0.220 e. The molecule has 3 rings (SSSR count). The summed E-state index contributed by atoms with van der Waals surface area (Å²) in [5.41, 5.74) is 3.27. The van der Waals surface area contributed by atoms with E-state index in [2.05, 4.69) is 30.5 Å². The normalized spacial score (nSPS) is 15.1. The molecule has 0 saturated carbocycles. The molecule has 1 aliphatic rings. The maximum absolute atomic E-state index is 6.33. The molecule has 0 spiro atoms. The Balaban J connectivity index is 1.74. The number of methoxy groups -OCH3 is 2. The van der Waals surface area contributed by atoms with Gasteiger partial charge in [0.05, 0.1) is 32.2 Å². The second-order valence-electron chi connectivity index (χ2n) is 5.61. The Morgan fingerprint density at radius 2 is 1.84 bits per heavy atom. The molecular formula is C15H20ClN7O2. The van der Waals surface area contributed by atoms with Gasteiger partial charge < -0.3 is 19.8 Å². The average Bonchev–Trinajstić information content (AvgIpc) is 2.68. The van der Waals surface area contributed by atoms with Gasteiger partial charge in [0.2, 0.25) is 11.8 Å². The predicted octanol–water partition coefficient (Wildman–Crippen LogP) is 1.61. The standard InChI is InChI=1S/C15H20ClN7O2/c1-24-11-7-12(25-2)20-14(19-11)9-3-5-23(6-4-9)10-8-18-22-15(21-17)13(10)16/h7-9H,3-6,17H2,1-2H3,(H,21,22). The number of nitrogens with two attached hydrogens (primary N) is 1. The van der Waals surface area contributed by atoms with E-state index in [4.69, 9.17) is 26.9 Å². The number of halogens is 1. The van der Waals surface area contributed by atoms with Gasteiger partial charge in [-0.2, -0.15) is 15.1 Å². The van der Waals surface area contributed by atoms with Crippen molar-refractivity contribution in [2.24, 2.45) is 5.84 Å². The first-order valence-corrected chi connectivity index (χ1v) is 8.23. The summed E-state index contributed by atoms with van der Waals surface area (Å²) in [5, 5.41) is 8.27. The highest BCUT2D eigenvalue weighted by atomic mass is 35.5. The number of nitrogens with one attached hydrogen (secondary N) is 1. The number of piperidine rings is 1. The van der Waals surface area contributed by atoms with Gasteiger partial charge in [0.15, 0.2) is 5.82 Å². The zero-order valence-electron chi connectivity index (χ0n) is 14.1. The summed E-state index contributed by atoms with van der Waals surface area (Å²) >= 11 is 6.33. The van der Waals surface area contributed by atoms with E-state index in [0.29, 0.717) is 22.6 Å². The second kappa shape index (κ2) is 7.66. The summed E-state index contributed by atoms with van der Waals surface area (Å²) in [6, 6.07) is 1.67. The monoisotopic (exact) mass is 365 g/mol. The van der Waals surface area contributed by atoms with Gasteiger partial charge in [0.1, 0.15) is 10.8 Å². The number of nitrogen functional groups attached to an aromatic ring is 1. The van der Waals surface area contributed by atoms with Crippen molar-refractivity contribution in [3.05, 3.63) is 23.1 Å². The molecule has 0 atom stereocenters. The number of ether oxygens (including phenoxy) is 2. The third kappa shape index (κ3) is 3.67. The van der Waals surface area contributed by atoms with Crippen molar-refractivity contribution in [2.45, 2.75) is 18.8 Å². The van der Waals surface area contributed by atoms with E-state index in [1.54, 1.807) is 26.5 Å². The van der Waals surface area contributed by atoms with Crippen molar-refractivity contribution < 1.29 is 9.47 Å². The molecule has 134 valence electrons. The molecule has 2 aromatic rings. The minimum Gasteiger partial charge on any atom is -0.481 e. The Kier molecular flexibility index (Phi) is 5.34. The quantitative estimate of drug-likeness (QED) is 0.602. The predicted molar refractivity (Wildman–Crippen MR) is 94.2 cm³/mol.